The van der Waals surface area contributed by atoms with Crippen LogP contribution in [0.5, 0.6) is 5.75 Å². The minimum Gasteiger partial charge on any atom is -0.487 e. The zero-order valence-electron chi connectivity index (χ0n) is 17.0. The number of rotatable bonds is 6. The van der Waals surface area contributed by atoms with E-state index in [-0.39, 0.29) is 18.0 Å². The number of carbonyl (C=O) groups is 1. The fraction of sp³-hybridized carbons (Fsp3) is 0.0833. The van der Waals surface area contributed by atoms with E-state index in [4.69, 9.17) is 4.74 Å². The Bertz CT molecular complexity index is 1460. The van der Waals surface area contributed by atoms with Gasteiger partial charge in [-0.25, -0.2) is 9.67 Å². The number of benzene rings is 2. The van der Waals surface area contributed by atoms with Gasteiger partial charge in [0.05, 0.1) is 17.3 Å². The van der Waals surface area contributed by atoms with Crippen molar-refractivity contribution in [2.24, 2.45) is 0 Å². The molecular formula is C24H19N5O3. The van der Waals surface area contributed by atoms with Gasteiger partial charge in [0.1, 0.15) is 24.5 Å². The first kappa shape index (κ1) is 19.5. The predicted molar refractivity (Wildman–Crippen MR) is 121 cm³/mol. The predicted octanol–water partition coefficient (Wildman–Crippen LogP) is 3.26. The largest absolute Gasteiger partial charge is 0.487 e. The number of fused-ring (bicyclic) bond motifs is 2. The molecule has 0 unspecified atom stereocenters. The van der Waals surface area contributed by atoms with Gasteiger partial charge in [-0.05, 0) is 30.3 Å². The van der Waals surface area contributed by atoms with Crippen molar-refractivity contribution in [1.29, 1.82) is 0 Å². The van der Waals surface area contributed by atoms with Crippen LogP contribution in [0, 0.1) is 0 Å². The zero-order valence-corrected chi connectivity index (χ0v) is 17.0. The Kier molecular flexibility index (Phi) is 5.09. The summed E-state index contributed by atoms with van der Waals surface area (Å²) >= 11 is 0. The number of nitrogens with zero attached hydrogens (tertiary/aromatic N) is 4. The standard InChI is InChI=1S/C24H19N5O3/c30-23(15-29-24(31)21-9-2-1-6-17(21)13-25-29)27-18-7-5-8-20(12-18)32-16-19-14-28-11-4-3-10-22(28)26-19/h1-14H,15-16H2,(H,27,30). The first-order valence-electron chi connectivity index (χ1n) is 10.1. The maximum absolute atomic E-state index is 12.5. The summed E-state index contributed by atoms with van der Waals surface area (Å²) in [6.07, 6.45) is 5.42. The van der Waals surface area contributed by atoms with Crippen LogP contribution in [0.1, 0.15) is 5.69 Å². The summed E-state index contributed by atoms with van der Waals surface area (Å²) in [4.78, 5) is 29.5. The van der Waals surface area contributed by atoms with Crippen molar-refractivity contribution in [1.82, 2.24) is 19.2 Å². The molecule has 3 heterocycles. The van der Waals surface area contributed by atoms with Crippen LogP contribution in [0.2, 0.25) is 0 Å². The van der Waals surface area contributed by atoms with Gasteiger partial charge in [-0.15, -0.1) is 0 Å². The quantitative estimate of drug-likeness (QED) is 0.451. The SMILES string of the molecule is O=C(Cn1ncc2ccccc2c1=O)Nc1cccc(OCc2cn3ccccc3n2)c1. The molecule has 5 aromatic rings. The van der Waals surface area contributed by atoms with E-state index in [2.05, 4.69) is 15.4 Å². The van der Waals surface area contributed by atoms with Crippen molar-refractivity contribution < 1.29 is 9.53 Å². The molecule has 0 saturated carbocycles. The molecule has 1 amide bonds. The number of aromatic nitrogens is 4. The summed E-state index contributed by atoms with van der Waals surface area (Å²) in [6.45, 7) is 0.117. The summed E-state index contributed by atoms with van der Waals surface area (Å²) < 4.78 is 8.92. The van der Waals surface area contributed by atoms with E-state index in [1.807, 2.05) is 47.1 Å². The second-order valence-electron chi connectivity index (χ2n) is 7.26. The molecular weight excluding hydrogens is 406 g/mol. The van der Waals surface area contributed by atoms with Gasteiger partial charge in [0.15, 0.2) is 0 Å². The van der Waals surface area contributed by atoms with Crippen LogP contribution in [0.4, 0.5) is 5.69 Å². The Labute approximate surface area is 182 Å². The summed E-state index contributed by atoms with van der Waals surface area (Å²) in [5, 5.41) is 8.15. The molecule has 0 aliphatic carbocycles. The lowest BCUT2D eigenvalue weighted by atomic mass is 10.2. The molecule has 0 radical (unpaired) electrons. The third kappa shape index (κ3) is 4.06. The molecule has 0 fully saturated rings. The topological polar surface area (TPSA) is 90.5 Å². The minimum absolute atomic E-state index is 0.185. The van der Waals surface area contributed by atoms with Gasteiger partial charge in [0.2, 0.25) is 5.91 Å². The minimum atomic E-state index is -0.354. The summed E-state index contributed by atoms with van der Waals surface area (Å²) in [5.74, 6) is 0.244. The molecule has 32 heavy (non-hydrogen) atoms. The average molecular weight is 425 g/mol. The monoisotopic (exact) mass is 425 g/mol. The number of anilines is 1. The van der Waals surface area contributed by atoms with E-state index in [0.717, 1.165) is 21.4 Å². The van der Waals surface area contributed by atoms with E-state index >= 15 is 0 Å². The van der Waals surface area contributed by atoms with Crippen LogP contribution >= 0.6 is 0 Å². The molecule has 2 aromatic carbocycles. The lowest BCUT2D eigenvalue weighted by molar-refractivity contribution is -0.117. The number of hydrogen-bond donors (Lipinski definition) is 1. The molecule has 8 nitrogen and oxygen atoms in total. The van der Waals surface area contributed by atoms with Crippen molar-refractivity contribution in [3.63, 3.8) is 0 Å². The van der Waals surface area contributed by atoms with E-state index < -0.39 is 0 Å². The molecule has 0 saturated heterocycles. The number of ether oxygens (including phenoxy) is 1. The number of pyridine rings is 1. The van der Waals surface area contributed by atoms with E-state index in [1.54, 1.807) is 42.6 Å². The molecule has 3 aromatic heterocycles. The van der Waals surface area contributed by atoms with E-state index in [1.165, 1.54) is 0 Å². The lowest BCUT2D eigenvalue weighted by Gasteiger charge is -2.09. The molecule has 0 atom stereocenters. The maximum Gasteiger partial charge on any atom is 0.275 e. The smallest absolute Gasteiger partial charge is 0.275 e. The zero-order chi connectivity index (χ0) is 21.9. The van der Waals surface area contributed by atoms with E-state index in [0.29, 0.717) is 23.4 Å². The van der Waals surface area contributed by atoms with Gasteiger partial charge in [-0.3, -0.25) is 9.59 Å². The lowest BCUT2D eigenvalue weighted by Crippen LogP contribution is -2.29. The van der Waals surface area contributed by atoms with Crippen LogP contribution < -0.4 is 15.6 Å². The second kappa shape index (κ2) is 8.35. The van der Waals surface area contributed by atoms with Crippen LogP contribution in [0.15, 0.2) is 90.1 Å². The number of carbonyl (C=O) groups excluding carboxylic acids is 1. The van der Waals surface area contributed by atoms with Crippen LogP contribution in [-0.2, 0) is 17.9 Å². The maximum atomic E-state index is 12.5. The highest BCUT2D eigenvalue weighted by atomic mass is 16.5. The molecule has 1 N–H and O–H groups in total. The second-order valence-corrected chi connectivity index (χ2v) is 7.26. The van der Waals surface area contributed by atoms with Crippen LogP contribution in [0.3, 0.4) is 0 Å². The van der Waals surface area contributed by atoms with Crippen LogP contribution in [-0.4, -0.2) is 25.1 Å². The molecule has 5 rings (SSSR count). The van der Waals surface area contributed by atoms with Crippen molar-refractivity contribution in [3.05, 3.63) is 101 Å². The highest BCUT2D eigenvalue weighted by molar-refractivity contribution is 5.91. The Morgan fingerprint density at radius 3 is 2.81 bits per heavy atom. The number of nitrogens with one attached hydrogen (secondary N) is 1. The average Bonchev–Trinajstić information content (AvgIpc) is 3.23. The third-order valence-electron chi connectivity index (χ3n) is 4.97. The Morgan fingerprint density at radius 1 is 1.03 bits per heavy atom. The van der Waals surface area contributed by atoms with Crippen molar-refractivity contribution in [2.45, 2.75) is 13.2 Å². The highest BCUT2D eigenvalue weighted by Gasteiger charge is 2.10. The van der Waals surface area contributed by atoms with Gasteiger partial charge >= 0.3 is 0 Å². The van der Waals surface area contributed by atoms with Crippen molar-refractivity contribution in [2.75, 3.05) is 5.32 Å². The summed E-state index contributed by atoms with van der Waals surface area (Å²) in [5.41, 5.74) is 1.91. The third-order valence-corrected chi connectivity index (χ3v) is 4.97. The van der Waals surface area contributed by atoms with Crippen molar-refractivity contribution >= 4 is 28.0 Å². The first-order chi connectivity index (χ1) is 15.7. The Morgan fingerprint density at radius 2 is 1.91 bits per heavy atom. The first-order valence-corrected chi connectivity index (χ1v) is 10.1. The van der Waals surface area contributed by atoms with Crippen molar-refractivity contribution in [3.8, 4) is 5.75 Å². The Balaban J connectivity index is 1.25. The van der Waals surface area contributed by atoms with Crippen LogP contribution in [0.25, 0.3) is 16.4 Å². The molecule has 0 aliphatic rings. The number of imidazole rings is 1. The molecule has 158 valence electrons. The Hall–Kier alpha value is -4.46. The highest BCUT2D eigenvalue weighted by Crippen LogP contribution is 2.19. The van der Waals surface area contributed by atoms with Gasteiger partial charge in [-0.2, -0.15) is 5.10 Å². The fourth-order valence-corrected chi connectivity index (χ4v) is 3.45. The number of amides is 1. The van der Waals surface area contributed by atoms with Gasteiger partial charge in [-0.1, -0.05) is 30.3 Å². The molecule has 0 bridgehead atoms. The van der Waals surface area contributed by atoms with Gasteiger partial charge < -0.3 is 14.5 Å². The molecule has 0 spiro atoms. The molecule has 8 heteroatoms. The van der Waals surface area contributed by atoms with Gasteiger partial charge in [0.25, 0.3) is 5.56 Å². The number of hydrogen-bond acceptors (Lipinski definition) is 5. The van der Waals surface area contributed by atoms with E-state index in [9.17, 15) is 9.59 Å². The fourth-order valence-electron chi connectivity index (χ4n) is 3.45. The summed E-state index contributed by atoms with van der Waals surface area (Å²) in [7, 11) is 0. The summed E-state index contributed by atoms with van der Waals surface area (Å²) in [6, 6.07) is 20.0. The van der Waals surface area contributed by atoms with Gasteiger partial charge in [0, 0.05) is 29.5 Å². The normalized spacial score (nSPS) is 11.0. The molecule has 0 aliphatic heterocycles.